The number of furan rings is 1. The van der Waals surface area contributed by atoms with Crippen LogP contribution in [0.4, 0.5) is 5.69 Å². The van der Waals surface area contributed by atoms with Crippen LogP contribution in [0.25, 0.3) is 21.9 Å². The number of para-hydroxylation sites is 1. The molecule has 0 aliphatic rings. The topological polar surface area (TPSA) is 79.6 Å². The number of sulfonamides is 1. The third-order valence-electron chi connectivity index (χ3n) is 5.14. The summed E-state index contributed by atoms with van der Waals surface area (Å²) >= 11 is 0. The van der Waals surface area contributed by atoms with Gasteiger partial charge in [-0.05, 0) is 56.3 Å². The zero-order chi connectivity index (χ0) is 21.5. The summed E-state index contributed by atoms with van der Waals surface area (Å²) in [6.45, 7) is 3.59. The van der Waals surface area contributed by atoms with Crippen molar-refractivity contribution in [3.05, 3.63) is 72.3 Å². The number of carbonyl (C=O) groups excluding carboxylic acids is 1. The standard InChI is InChI=1S/C23H22N2O4S/c1-15(2)25(3)30(27,28)18-8-6-7-16(13-18)23(26)24-17-11-12-22-20(14-17)19-9-4-5-10-21(19)29-22/h4-15H,1-3H3,(H,24,26). The van der Waals surface area contributed by atoms with Crippen molar-refractivity contribution in [2.24, 2.45) is 0 Å². The third-order valence-corrected chi connectivity index (χ3v) is 7.16. The normalized spacial score (nSPS) is 12.2. The smallest absolute Gasteiger partial charge is 0.255 e. The highest BCUT2D eigenvalue weighted by atomic mass is 32.2. The number of amides is 1. The van der Waals surface area contributed by atoms with Crippen molar-refractivity contribution in [3.8, 4) is 0 Å². The fraction of sp³-hybridized carbons (Fsp3) is 0.174. The maximum Gasteiger partial charge on any atom is 0.255 e. The lowest BCUT2D eigenvalue weighted by Gasteiger charge is -2.21. The molecule has 0 aliphatic carbocycles. The second-order valence-electron chi connectivity index (χ2n) is 7.41. The van der Waals surface area contributed by atoms with Gasteiger partial charge >= 0.3 is 0 Å². The van der Waals surface area contributed by atoms with Gasteiger partial charge in [0.15, 0.2) is 0 Å². The molecule has 154 valence electrons. The molecule has 1 amide bonds. The number of nitrogens with zero attached hydrogens (tertiary/aromatic N) is 1. The SMILES string of the molecule is CC(C)N(C)S(=O)(=O)c1cccc(C(=O)Nc2ccc3oc4ccccc4c3c2)c1. The van der Waals surface area contributed by atoms with Crippen LogP contribution in [-0.2, 0) is 10.0 Å². The van der Waals surface area contributed by atoms with Crippen LogP contribution in [-0.4, -0.2) is 31.7 Å². The van der Waals surface area contributed by atoms with Gasteiger partial charge in [0.25, 0.3) is 5.91 Å². The van der Waals surface area contributed by atoms with Crippen LogP contribution in [0.2, 0.25) is 0 Å². The molecule has 0 bridgehead atoms. The highest BCUT2D eigenvalue weighted by molar-refractivity contribution is 7.89. The third kappa shape index (κ3) is 3.58. The van der Waals surface area contributed by atoms with Gasteiger partial charge in [-0.1, -0.05) is 24.3 Å². The molecule has 0 atom stereocenters. The Hall–Kier alpha value is -3.16. The first kappa shape index (κ1) is 20.1. The van der Waals surface area contributed by atoms with Crippen LogP contribution in [0.5, 0.6) is 0 Å². The number of hydrogen-bond donors (Lipinski definition) is 1. The fourth-order valence-electron chi connectivity index (χ4n) is 3.25. The Balaban J connectivity index is 1.64. The molecule has 0 fully saturated rings. The number of carbonyl (C=O) groups is 1. The Morgan fingerprint density at radius 2 is 1.67 bits per heavy atom. The number of benzene rings is 3. The molecule has 6 nitrogen and oxygen atoms in total. The van der Waals surface area contributed by atoms with Crippen LogP contribution >= 0.6 is 0 Å². The largest absolute Gasteiger partial charge is 0.456 e. The van der Waals surface area contributed by atoms with Crippen LogP contribution in [0.1, 0.15) is 24.2 Å². The summed E-state index contributed by atoms with van der Waals surface area (Å²) in [6, 6.07) is 19.0. The molecule has 1 heterocycles. The predicted molar refractivity (Wildman–Crippen MR) is 118 cm³/mol. The zero-order valence-electron chi connectivity index (χ0n) is 16.9. The van der Waals surface area contributed by atoms with Crippen LogP contribution in [0.3, 0.4) is 0 Å². The van der Waals surface area contributed by atoms with Crippen LogP contribution in [0, 0.1) is 0 Å². The van der Waals surface area contributed by atoms with E-state index >= 15 is 0 Å². The van der Waals surface area contributed by atoms with Crippen molar-refractivity contribution in [2.75, 3.05) is 12.4 Å². The Labute approximate surface area is 175 Å². The quantitative estimate of drug-likeness (QED) is 0.498. The monoisotopic (exact) mass is 422 g/mol. The van der Waals surface area contributed by atoms with Gasteiger partial charge < -0.3 is 9.73 Å². The van der Waals surface area contributed by atoms with E-state index in [1.54, 1.807) is 32.0 Å². The molecule has 1 N–H and O–H groups in total. The fourth-order valence-corrected chi connectivity index (χ4v) is 4.66. The van der Waals surface area contributed by atoms with Gasteiger partial charge in [-0.3, -0.25) is 4.79 Å². The van der Waals surface area contributed by atoms with E-state index in [4.69, 9.17) is 4.42 Å². The molecular weight excluding hydrogens is 400 g/mol. The summed E-state index contributed by atoms with van der Waals surface area (Å²) in [5.41, 5.74) is 2.39. The molecule has 4 rings (SSSR count). The minimum absolute atomic E-state index is 0.0858. The summed E-state index contributed by atoms with van der Waals surface area (Å²) in [5, 5.41) is 4.71. The Kier molecular flexibility index (Phi) is 5.09. The summed E-state index contributed by atoms with van der Waals surface area (Å²) in [7, 11) is -2.15. The molecule has 4 aromatic rings. The summed E-state index contributed by atoms with van der Waals surface area (Å²) in [4.78, 5) is 12.9. The van der Waals surface area contributed by atoms with E-state index < -0.39 is 10.0 Å². The molecule has 7 heteroatoms. The lowest BCUT2D eigenvalue weighted by molar-refractivity contribution is 0.102. The summed E-state index contributed by atoms with van der Waals surface area (Å²) in [5.74, 6) is -0.383. The number of fused-ring (bicyclic) bond motifs is 3. The molecule has 3 aromatic carbocycles. The van der Waals surface area contributed by atoms with Gasteiger partial charge in [-0.2, -0.15) is 4.31 Å². The second kappa shape index (κ2) is 7.59. The minimum atomic E-state index is -3.67. The first-order valence-electron chi connectivity index (χ1n) is 9.58. The van der Waals surface area contributed by atoms with Crippen molar-refractivity contribution in [1.82, 2.24) is 4.31 Å². The van der Waals surface area contributed by atoms with Gasteiger partial charge in [0.1, 0.15) is 11.2 Å². The van der Waals surface area contributed by atoms with Gasteiger partial charge in [0.05, 0.1) is 4.90 Å². The Morgan fingerprint density at radius 3 is 2.43 bits per heavy atom. The molecule has 0 saturated carbocycles. The lowest BCUT2D eigenvalue weighted by atomic mass is 10.1. The number of nitrogens with one attached hydrogen (secondary N) is 1. The average Bonchev–Trinajstić information content (AvgIpc) is 3.11. The molecule has 1 aromatic heterocycles. The van der Waals surface area contributed by atoms with E-state index in [0.29, 0.717) is 5.69 Å². The number of rotatable bonds is 5. The van der Waals surface area contributed by atoms with Crippen molar-refractivity contribution >= 4 is 43.6 Å². The number of hydrogen-bond acceptors (Lipinski definition) is 4. The molecule has 0 unspecified atom stereocenters. The van der Waals surface area contributed by atoms with Gasteiger partial charge in [0.2, 0.25) is 10.0 Å². The molecule has 0 aliphatic heterocycles. The van der Waals surface area contributed by atoms with Crippen molar-refractivity contribution < 1.29 is 17.6 Å². The molecule has 0 spiro atoms. The molecule has 0 radical (unpaired) electrons. The minimum Gasteiger partial charge on any atom is -0.456 e. The average molecular weight is 423 g/mol. The lowest BCUT2D eigenvalue weighted by Crippen LogP contribution is -2.33. The molecule has 0 saturated heterocycles. The van der Waals surface area contributed by atoms with Crippen molar-refractivity contribution in [1.29, 1.82) is 0 Å². The molecular formula is C23H22N2O4S. The van der Waals surface area contributed by atoms with E-state index in [2.05, 4.69) is 5.32 Å². The first-order valence-corrected chi connectivity index (χ1v) is 11.0. The summed E-state index contributed by atoms with van der Waals surface area (Å²) < 4.78 is 32.6. The summed E-state index contributed by atoms with van der Waals surface area (Å²) in [6.07, 6.45) is 0. The van der Waals surface area contributed by atoms with Crippen molar-refractivity contribution in [2.45, 2.75) is 24.8 Å². The van der Waals surface area contributed by atoms with Crippen LogP contribution < -0.4 is 5.32 Å². The highest BCUT2D eigenvalue weighted by Crippen LogP contribution is 2.30. The molecule has 30 heavy (non-hydrogen) atoms. The zero-order valence-corrected chi connectivity index (χ0v) is 17.7. The first-order chi connectivity index (χ1) is 14.3. The van der Waals surface area contributed by atoms with E-state index in [1.807, 2.05) is 36.4 Å². The van der Waals surface area contributed by atoms with Gasteiger partial charge in [-0.25, -0.2) is 8.42 Å². The maximum absolute atomic E-state index is 12.8. The van der Waals surface area contributed by atoms with E-state index in [0.717, 1.165) is 21.9 Å². The second-order valence-corrected chi connectivity index (χ2v) is 9.40. The van der Waals surface area contributed by atoms with Gasteiger partial charge in [-0.15, -0.1) is 0 Å². The highest BCUT2D eigenvalue weighted by Gasteiger charge is 2.24. The maximum atomic E-state index is 12.8. The Bertz CT molecular complexity index is 1360. The van der Waals surface area contributed by atoms with Crippen molar-refractivity contribution in [3.63, 3.8) is 0 Å². The predicted octanol–water partition coefficient (Wildman–Crippen LogP) is 4.87. The Morgan fingerprint density at radius 1 is 0.933 bits per heavy atom. The van der Waals surface area contributed by atoms with Crippen LogP contribution in [0.15, 0.2) is 76.0 Å². The number of anilines is 1. The van der Waals surface area contributed by atoms with Gasteiger partial charge in [0, 0.05) is 35.1 Å². The van der Waals surface area contributed by atoms with E-state index in [9.17, 15) is 13.2 Å². The van der Waals surface area contributed by atoms with E-state index in [-0.39, 0.29) is 22.4 Å². The van der Waals surface area contributed by atoms with E-state index in [1.165, 1.54) is 23.5 Å².